The lowest BCUT2D eigenvalue weighted by Gasteiger charge is -2.27. The minimum Gasteiger partial charge on any atom is -0.385 e. The van der Waals surface area contributed by atoms with Gasteiger partial charge in [-0.15, -0.1) is 0 Å². The van der Waals surface area contributed by atoms with Crippen molar-refractivity contribution in [3.63, 3.8) is 0 Å². The van der Waals surface area contributed by atoms with Crippen LogP contribution in [0.1, 0.15) is 30.9 Å². The topological polar surface area (TPSA) is 55.6 Å². The molecule has 18 heavy (non-hydrogen) atoms. The van der Waals surface area contributed by atoms with Crippen molar-refractivity contribution in [1.82, 2.24) is 4.90 Å². The van der Waals surface area contributed by atoms with E-state index < -0.39 is 6.04 Å². The molecule has 5 heteroatoms. The van der Waals surface area contributed by atoms with E-state index in [1.807, 2.05) is 4.90 Å². The molecule has 1 aromatic heterocycles. The number of hydrogen-bond acceptors (Lipinski definition) is 4. The van der Waals surface area contributed by atoms with Gasteiger partial charge in [0.05, 0.1) is 12.1 Å². The smallest absolute Gasteiger partial charge is 0.240 e. The second-order valence-electron chi connectivity index (χ2n) is 4.63. The van der Waals surface area contributed by atoms with Gasteiger partial charge in [0.15, 0.2) is 0 Å². The third-order valence-corrected chi connectivity index (χ3v) is 4.12. The number of nitrogens with two attached hydrogens (primary N) is 1. The molecule has 1 aliphatic heterocycles. The van der Waals surface area contributed by atoms with Gasteiger partial charge in [-0.3, -0.25) is 4.79 Å². The summed E-state index contributed by atoms with van der Waals surface area (Å²) in [7, 11) is 1.63. The van der Waals surface area contributed by atoms with Crippen molar-refractivity contribution in [3.8, 4) is 0 Å². The monoisotopic (exact) mass is 268 g/mol. The summed E-state index contributed by atoms with van der Waals surface area (Å²) in [6.07, 6.45) is 2.69. The van der Waals surface area contributed by atoms with Gasteiger partial charge in [0.2, 0.25) is 5.91 Å². The Hall–Kier alpha value is -0.910. The normalized spacial score (nSPS) is 21.2. The molecule has 0 aromatic carbocycles. The molecule has 0 bridgehead atoms. The number of hydrogen-bond donors (Lipinski definition) is 1. The van der Waals surface area contributed by atoms with E-state index in [4.69, 9.17) is 10.5 Å². The zero-order chi connectivity index (χ0) is 13.0. The number of nitrogens with zero attached hydrogens (tertiary/aromatic N) is 1. The highest BCUT2D eigenvalue weighted by molar-refractivity contribution is 7.07. The van der Waals surface area contributed by atoms with Crippen LogP contribution >= 0.6 is 11.3 Å². The first-order valence-corrected chi connectivity index (χ1v) is 7.25. The molecule has 100 valence electrons. The number of likely N-dealkylation sites (tertiary alicyclic amines) is 1. The predicted molar refractivity (Wildman–Crippen MR) is 72.5 cm³/mol. The third kappa shape index (κ3) is 2.91. The largest absolute Gasteiger partial charge is 0.385 e. The summed E-state index contributed by atoms with van der Waals surface area (Å²) in [6.45, 7) is 1.35. The molecular formula is C13H20N2O2S. The van der Waals surface area contributed by atoms with E-state index in [1.165, 1.54) is 5.56 Å². The Morgan fingerprint density at radius 2 is 2.56 bits per heavy atom. The van der Waals surface area contributed by atoms with Crippen molar-refractivity contribution in [2.45, 2.75) is 31.3 Å². The van der Waals surface area contributed by atoms with Crippen LogP contribution in [0.5, 0.6) is 0 Å². The molecule has 4 nitrogen and oxygen atoms in total. The van der Waals surface area contributed by atoms with Crippen LogP contribution < -0.4 is 5.73 Å². The minimum atomic E-state index is -0.441. The molecule has 2 atom stereocenters. The lowest BCUT2D eigenvalue weighted by Crippen LogP contribution is -2.43. The Balaban J connectivity index is 2.00. The fourth-order valence-electron chi connectivity index (χ4n) is 2.42. The molecule has 0 saturated carbocycles. The van der Waals surface area contributed by atoms with Gasteiger partial charge in [0.25, 0.3) is 0 Å². The van der Waals surface area contributed by atoms with E-state index in [9.17, 15) is 4.79 Å². The van der Waals surface area contributed by atoms with E-state index in [-0.39, 0.29) is 11.9 Å². The van der Waals surface area contributed by atoms with Crippen molar-refractivity contribution < 1.29 is 9.53 Å². The summed E-state index contributed by atoms with van der Waals surface area (Å²) in [6, 6.07) is 1.88. The molecule has 1 aromatic rings. The van der Waals surface area contributed by atoms with E-state index in [1.54, 1.807) is 18.4 Å². The number of thiophene rings is 1. The summed E-state index contributed by atoms with van der Waals surface area (Å²) >= 11 is 1.67. The Morgan fingerprint density at radius 3 is 3.22 bits per heavy atom. The highest BCUT2D eigenvalue weighted by Crippen LogP contribution is 2.33. The van der Waals surface area contributed by atoms with Crippen LogP contribution in [0.25, 0.3) is 0 Å². The van der Waals surface area contributed by atoms with Crippen LogP contribution in [-0.4, -0.2) is 37.1 Å². The summed E-state index contributed by atoms with van der Waals surface area (Å²) in [5.41, 5.74) is 7.17. The molecule has 2 rings (SSSR count). The van der Waals surface area contributed by atoms with Crippen molar-refractivity contribution in [2.75, 3.05) is 20.3 Å². The standard InChI is InChI=1S/C13H20N2O2S/c1-17-7-4-11(14)13(16)15-6-2-3-12(15)10-5-8-18-9-10/h5,8-9,11-12H,2-4,6-7,14H2,1H3. The molecule has 1 amide bonds. The number of rotatable bonds is 5. The van der Waals surface area contributed by atoms with Crippen molar-refractivity contribution in [2.24, 2.45) is 5.73 Å². The Kier molecular flexibility index (Phi) is 4.74. The number of amides is 1. The van der Waals surface area contributed by atoms with Gasteiger partial charge in [-0.2, -0.15) is 11.3 Å². The summed E-state index contributed by atoms with van der Waals surface area (Å²) < 4.78 is 4.98. The quantitative estimate of drug-likeness (QED) is 0.885. The van der Waals surface area contributed by atoms with Crippen molar-refractivity contribution in [3.05, 3.63) is 22.4 Å². The third-order valence-electron chi connectivity index (χ3n) is 3.41. The zero-order valence-electron chi connectivity index (χ0n) is 10.7. The van der Waals surface area contributed by atoms with E-state index in [0.29, 0.717) is 13.0 Å². The maximum atomic E-state index is 12.3. The fourth-order valence-corrected chi connectivity index (χ4v) is 3.13. The Bertz CT molecular complexity index is 380. The lowest BCUT2D eigenvalue weighted by molar-refractivity contribution is -0.134. The Labute approximate surface area is 112 Å². The van der Waals surface area contributed by atoms with Crippen LogP contribution in [0.2, 0.25) is 0 Å². The van der Waals surface area contributed by atoms with Crippen molar-refractivity contribution >= 4 is 17.2 Å². The molecule has 0 radical (unpaired) electrons. The maximum Gasteiger partial charge on any atom is 0.240 e. The molecule has 0 spiro atoms. The predicted octanol–water partition coefficient (Wildman–Crippen LogP) is 1.78. The SMILES string of the molecule is COCCC(N)C(=O)N1CCCC1c1ccsc1. The summed E-state index contributed by atoms with van der Waals surface area (Å²) in [4.78, 5) is 14.2. The first-order valence-electron chi connectivity index (χ1n) is 6.31. The molecule has 0 aliphatic carbocycles. The summed E-state index contributed by atoms with van der Waals surface area (Å²) in [5, 5.41) is 4.18. The number of carbonyl (C=O) groups is 1. The zero-order valence-corrected chi connectivity index (χ0v) is 11.5. The molecule has 2 N–H and O–H groups in total. The average molecular weight is 268 g/mol. The molecular weight excluding hydrogens is 248 g/mol. The highest BCUT2D eigenvalue weighted by Gasteiger charge is 2.32. The van der Waals surface area contributed by atoms with Crippen LogP contribution in [0.3, 0.4) is 0 Å². The van der Waals surface area contributed by atoms with Crippen LogP contribution in [-0.2, 0) is 9.53 Å². The molecule has 1 fully saturated rings. The van der Waals surface area contributed by atoms with Gasteiger partial charge in [0, 0.05) is 20.3 Å². The van der Waals surface area contributed by atoms with E-state index >= 15 is 0 Å². The number of ether oxygens (including phenoxy) is 1. The fraction of sp³-hybridized carbons (Fsp3) is 0.615. The van der Waals surface area contributed by atoms with Gasteiger partial charge in [-0.1, -0.05) is 0 Å². The van der Waals surface area contributed by atoms with E-state index in [0.717, 1.165) is 19.4 Å². The minimum absolute atomic E-state index is 0.0563. The summed E-state index contributed by atoms with van der Waals surface area (Å²) in [5.74, 6) is 0.0563. The molecule has 1 aliphatic rings. The molecule has 1 saturated heterocycles. The average Bonchev–Trinajstić information content (AvgIpc) is 3.03. The van der Waals surface area contributed by atoms with Crippen molar-refractivity contribution in [1.29, 1.82) is 0 Å². The van der Waals surface area contributed by atoms with Crippen LogP contribution in [0, 0.1) is 0 Å². The number of carbonyl (C=O) groups excluding carboxylic acids is 1. The van der Waals surface area contributed by atoms with Gasteiger partial charge >= 0.3 is 0 Å². The van der Waals surface area contributed by atoms with Gasteiger partial charge in [0.1, 0.15) is 0 Å². The highest BCUT2D eigenvalue weighted by atomic mass is 32.1. The lowest BCUT2D eigenvalue weighted by atomic mass is 10.1. The first-order chi connectivity index (χ1) is 8.74. The molecule has 2 unspecified atom stereocenters. The second kappa shape index (κ2) is 6.31. The number of methoxy groups -OCH3 is 1. The second-order valence-corrected chi connectivity index (χ2v) is 5.41. The van der Waals surface area contributed by atoms with Gasteiger partial charge in [-0.05, 0) is 41.7 Å². The Morgan fingerprint density at radius 1 is 1.72 bits per heavy atom. The van der Waals surface area contributed by atoms with Gasteiger partial charge < -0.3 is 15.4 Å². The van der Waals surface area contributed by atoms with Crippen LogP contribution in [0.4, 0.5) is 0 Å². The molecule has 2 heterocycles. The first kappa shape index (κ1) is 13.5. The van der Waals surface area contributed by atoms with Crippen LogP contribution in [0.15, 0.2) is 16.8 Å². The maximum absolute atomic E-state index is 12.3. The van der Waals surface area contributed by atoms with E-state index in [2.05, 4.69) is 16.8 Å². The van der Waals surface area contributed by atoms with Gasteiger partial charge in [-0.25, -0.2) is 0 Å².